The van der Waals surface area contributed by atoms with E-state index in [0.717, 1.165) is 10.5 Å². The molecule has 0 spiro atoms. The summed E-state index contributed by atoms with van der Waals surface area (Å²) in [7, 11) is 0. The first kappa shape index (κ1) is 19.6. The van der Waals surface area contributed by atoms with E-state index in [1.807, 2.05) is 30.3 Å². The van der Waals surface area contributed by atoms with Crippen LogP contribution in [0.25, 0.3) is 0 Å². The van der Waals surface area contributed by atoms with Gasteiger partial charge in [-0.2, -0.15) is 0 Å². The van der Waals surface area contributed by atoms with Gasteiger partial charge in [-0.25, -0.2) is 9.59 Å². The Bertz CT molecular complexity index is 823. The summed E-state index contributed by atoms with van der Waals surface area (Å²) in [5.41, 5.74) is 1.24. The zero-order valence-electron chi connectivity index (χ0n) is 15.2. The highest BCUT2D eigenvalue weighted by molar-refractivity contribution is 5.98. The summed E-state index contributed by atoms with van der Waals surface area (Å²) in [6, 6.07) is 16.6. The number of likely N-dealkylation sites (tertiary alicyclic amines) is 1. The van der Waals surface area contributed by atoms with Gasteiger partial charge in [-0.05, 0) is 5.56 Å². The number of hydrogen-bond donors (Lipinski definition) is 1. The fourth-order valence-corrected chi connectivity index (χ4v) is 2.98. The summed E-state index contributed by atoms with van der Waals surface area (Å²) in [5, 5.41) is 9.88. The average Bonchev–Trinajstić information content (AvgIpc) is 3.13. The molecule has 0 radical (unpaired) electrons. The number of esters is 1. The second kappa shape index (κ2) is 9.14. The summed E-state index contributed by atoms with van der Waals surface area (Å²) < 4.78 is 10.3. The molecule has 1 amide bonds. The third-order valence-corrected chi connectivity index (χ3v) is 4.43. The number of ether oxygens (including phenoxy) is 2. The Kier molecular flexibility index (Phi) is 6.39. The molecule has 0 saturated carbocycles. The summed E-state index contributed by atoms with van der Waals surface area (Å²) in [6.45, 7) is -0.400. The third-order valence-electron chi connectivity index (χ3n) is 4.43. The van der Waals surface area contributed by atoms with Crippen LogP contribution in [0.2, 0.25) is 0 Å². The Hall–Kier alpha value is -3.19. The molecule has 1 saturated heterocycles. The number of aliphatic hydroxyl groups is 1. The van der Waals surface area contributed by atoms with Crippen molar-refractivity contribution in [3.63, 3.8) is 0 Å². The van der Waals surface area contributed by atoms with Gasteiger partial charge in [-0.15, -0.1) is 0 Å². The van der Waals surface area contributed by atoms with Gasteiger partial charge in [0.2, 0.25) is 0 Å². The molecule has 1 aliphatic rings. The molecule has 0 unspecified atom stereocenters. The lowest BCUT2D eigenvalue weighted by molar-refractivity contribution is -0.147. The second-order valence-corrected chi connectivity index (χ2v) is 6.49. The van der Waals surface area contributed by atoms with Gasteiger partial charge in [-0.1, -0.05) is 60.7 Å². The molecule has 2 aromatic rings. The topological polar surface area (TPSA) is 93.1 Å². The lowest BCUT2D eigenvalue weighted by Crippen LogP contribution is -2.42. The molecule has 1 fully saturated rings. The van der Waals surface area contributed by atoms with Crippen molar-refractivity contribution in [2.24, 2.45) is 0 Å². The number of carbonyl (C=O) groups excluding carboxylic acids is 3. The lowest BCUT2D eigenvalue weighted by Gasteiger charge is -2.22. The number of carbonyl (C=O) groups is 3. The van der Waals surface area contributed by atoms with Crippen molar-refractivity contribution >= 4 is 17.8 Å². The summed E-state index contributed by atoms with van der Waals surface area (Å²) >= 11 is 0. The Morgan fingerprint density at radius 3 is 2.29 bits per heavy atom. The Labute approximate surface area is 162 Å². The van der Waals surface area contributed by atoms with Gasteiger partial charge >= 0.3 is 12.1 Å². The molecule has 146 valence electrons. The van der Waals surface area contributed by atoms with Crippen molar-refractivity contribution in [2.75, 3.05) is 13.2 Å². The van der Waals surface area contributed by atoms with Crippen molar-refractivity contribution < 1.29 is 29.0 Å². The number of β-amino-alcohol motifs (C(OH)–C–C–N with tert-alkyl or cyclic N) is 1. The summed E-state index contributed by atoms with van der Waals surface area (Å²) in [5.74, 6) is -1.08. The van der Waals surface area contributed by atoms with Gasteiger partial charge in [0.1, 0.15) is 12.6 Å². The maximum Gasteiger partial charge on any atom is 0.410 e. The number of amides is 1. The standard InChI is InChI=1S/C21H21NO6/c23-17-11-18(20(25)27-14-19(24)16-9-5-2-6-10-16)22(12-17)21(26)28-13-15-7-3-1-4-8-15/h1-10,17-18,23H,11-14H2/t17-,18+/m0/s1. The number of nitrogens with zero attached hydrogens (tertiary/aromatic N) is 1. The minimum absolute atomic E-state index is 0.0278. The van der Waals surface area contributed by atoms with E-state index in [-0.39, 0.29) is 25.4 Å². The molecular weight excluding hydrogens is 362 g/mol. The molecule has 1 aliphatic heterocycles. The van der Waals surface area contributed by atoms with Crippen LogP contribution in [0.4, 0.5) is 4.79 Å². The lowest BCUT2D eigenvalue weighted by atomic mass is 10.1. The Morgan fingerprint density at radius 2 is 1.61 bits per heavy atom. The summed E-state index contributed by atoms with van der Waals surface area (Å²) in [6.07, 6.45) is -1.53. The minimum atomic E-state index is -0.984. The molecule has 3 rings (SSSR count). The number of benzene rings is 2. The number of hydrogen-bond acceptors (Lipinski definition) is 6. The monoisotopic (exact) mass is 383 g/mol. The van der Waals surface area contributed by atoms with E-state index < -0.39 is 30.8 Å². The van der Waals surface area contributed by atoms with E-state index in [1.165, 1.54) is 0 Å². The van der Waals surface area contributed by atoms with Gasteiger partial charge in [0.25, 0.3) is 0 Å². The van der Waals surface area contributed by atoms with Crippen LogP contribution in [0, 0.1) is 0 Å². The maximum atomic E-state index is 12.4. The fraction of sp³-hybridized carbons (Fsp3) is 0.286. The molecule has 28 heavy (non-hydrogen) atoms. The fourth-order valence-electron chi connectivity index (χ4n) is 2.98. The van der Waals surface area contributed by atoms with Crippen LogP contribution in [0.5, 0.6) is 0 Å². The predicted octanol–water partition coefficient (Wildman–Crippen LogP) is 2.18. The molecule has 2 aromatic carbocycles. The van der Waals surface area contributed by atoms with Gasteiger partial charge in [0.05, 0.1) is 12.6 Å². The van der Waals surface area contributed by atoms with E-state index in [9.17, 15) is 19.5 Å². The molecule has 0 aliphatic carbocycles. The molecule has 7 nitrogen and oxygen atoms in total. The van der Waals surface area contributed by atoms with E-state index in [0.29, 0.717) is 5.56 Å². The predicted molar refractivity (Wildman–Crippen MR) is 99.5 cm³/mol. The van der Waals surface area contributed by atoms with Gasteiger partial charge in [-0.3, -0.25) is 9.69 Å². The zero-order valence-corrected chi connectivity index (χ0v) is 15.2. The van der Waals surface area contributed by atoms with Gasteiger partial charge in [0.15, 0.2) is 12.4 Å². The molecular formula is C21H21NO6. The van der Waals surface area contributed by atoms with Crippen molar-refractivity contribution in [1.29, 1.82) is 0 Å². The van der Waals surface area contributed by atoms with Crippen LogP contribution in [0.1, 0.15) is 22.3 Å². The Morgan fingerprint density at radius 1 is 0.964 bits per heavy atom. The minimum Gasteiger partial charge on any atom is -0.456 e. The molecule has 1 N–H and O–H groups in total. The quantitative estimate of drug-likeness (QED) is 0.607. The van der Waals surface area contributed by atoms with Gasteiger partial charge in [0, 0.05) is 12.0 Å². The van der Waals surface area contributed by atoms with Crippen LogP contribution in [-0.2, 0) is 20.9 Å². The molecule has 7 heteroatoms. The van der Waals surface area contributed by atoms with Crippen molar-refractivity contribution in [2.45, 2.75) is 25.2 Å². The highest BCUT2D eigenvalue weighted by Crippen LogP contribution is 2.21. The first-order valence-corrected chi connectivity index (χ1v) is 8.95. The first-order chi connectivity index (χ1) is 13.5. The van der Waals surface area contributed by atoms with Crippen LogP contribution in [0.3, 0.4) is 0 Å². The normalized spacial score (nSPS) is 18.5. The maximum absolute atomic E-state index is 12.4. The average molecular weight is 383 g/mol. The van der Waals surface area contributed by atoms with E-state index in [1.54, 1.807) is 30.3 Å². The third kappa shape index (κ3) is 4.95. The zero-order chi connectivity index (χ0) is 19.9. The number of Topliss-reactive ketones (excluding diaryl/α,β-unsaturated/α-hetero) is 1. The van der Waals surface area contributed by atoms with Crippen LogP contribution < -0.4 is 0 Å². The molecule has 2 atom stereocenters. The first-order valence-electron chi connectivity index (χ1n) is 8.95. The smallest absolute Gasteiger partial charge is 0.410 e. The highest BCUT2D eigenvalue weighted by atomic mass is 16.6. The van der Waals surface area contributed by atoms with Crippen LogP contribution >= 0.6 is 0 Å². The van der Waals surface area contributed by atoms with Crippen LogP contribution in [0.15, 0.2) is 60.7 Å². The number of ketones is 1. The number of aliphatic hydroxyl groups excluding tert-OH is 1. The van der Waals surface area contributed by atoms with E-state index >= 15 is 0 Å². The Balaban J connectivity index is 1.55. The van der Waals surface area contributed by atoms with Crippen molar-refractivity contribution in [1.82, 2.24) is 4.90 Å². The summed E-state index contributed by atoms with van der Waals surface area (Å²) in [4.78, 5) is 38.0. The van der Waals surface area contributed by atoms with E-state index in [2.05, 4.69) is 0 Å². The second-order valence-electron chi connectivity index (χ2n) is 6.49. The molecule has 1 heterocycles. The van der Waals surface area contributed by atoms with E-state index in [4.69, 9.17) is 9.47 Å². The van der Waals surface area contributed by atoms with Crippen molar-refractivity contribution in [3.05, 3.63) is 71.8 Å². The SMILES string of the molecule is O=C(COC(=O)[C@H]1C[C@H](O)CN1C(=O)OCc1ccccc1)c1ccccc1. The van der Waals surface area contributed by atoms with Crippen LogP contribution in [-0.4, -0.2) is 53.1 Å². The number of rotatable bonds is 6. The molecule has 0 aromatic heterocycles. The van der Waals surface area contributed by atoms with Crippen molar-refractivity contribution in [3.8, 4) is 0 Å². The molecule has 0 bridgehead atoms. The highest BCUT2D eigenvalue weighted by Gasteiger charge is 2.41. The largest absolute Gasteiger partial charge is 0.456 e. The van der Waals surface area contributed by atoms with Gasteiger partial charge < -0.3 is 14.6 Å².